The molecule has 4 nitrogen and oxygen atoms in total. The summed E-state index contributed by atoms with van der Waals surface area (Å²) < 4.78 is 5.75. The van der Waals surface area contributed by atoms with Crippen molar-refractivity contribution in [1.29, 1.82) is 0 Å². The van der Waals surface area contributed by atoms with Gasteiger partial charge in [0.15, 0.2) is 5.82 Å². The fraction of sp³-hybridized carbons (Fsp3) is 0.286. The molecule has 1 aromatic heterocycles. The highest BCUT2D eigenvalue weighted by atomic mass is 16.5. The Morgan fingerprint density at radius 1 is 1.06 bits per heavy atom. The number of nitrogens with zero attached hydrogens (tertiary/aromatic N) is 2. The maximum Gasteiger partial charge on any atom is 0.161 e. The number of aromatic nitrogens is 2. The highest BCUT2D eigenvalue weighted by Crippen LogP contribution is 2.22. The molecule has 0 aliphatic heterocycles. The predicted molar refractivity (Wildman–Crippen MR) is 72.3 cm³/mol. The molecule has 0 aliphatic carbocycles. The zero-order valence-electron chi connectivity index (χ0n) is 10.8. The Morgan fingerprint density at radius 2 is 1.72 bits per heavy atom. The molecule has 1 heterocycles. The van der Waals surface area contributed by atoms with Gasteiger partial charge in [0.25, 0.3) is 0 Å². The minimum absolute atomic E-state index is 0.199. The molecule has 0 fully saturated rings. The molecule has 0 saturated carbocycles. The van der Waals surface area contributed by atoms with Gasteiger partial charge in [-0.15, -0.1) is 0 Å². The fourth-order valence-electron chi connectivity index (χ4n) is 1.54. The third kappa shape index (κ3) is 3.20. The molecule has 2 rings (SSSR count). The Balaban J connectivity index is 2.22. The van der Waals surface area contributed by atoms with Crippen LogP contribution in [0.3, 0.4) is 0 Å². The van der Waals surface area contributed by atoms with Gasteiger partial charge in [0.05, 0.1) is 0 Å². The molecule has 4 heteroatoms. The minimum atomic E-state index is -0.199. The minimum Gasteiger partial charge on any atom is -0.488 e. The number of benzene rings is 1. The van der Waals surface area contributed by atoms with Crippen molar-refractivity contribution in [2.75, 3.05) is 5.73 Å². The number of nitrogens with two attached hydrogens (primary N) is 1. The van der Waals surface area contributed by atoms with Crippen LogP contribution >= 0.6 is 0 Å². The van der Waals surface area contributed by atoms with Gasteiger partial charge in [-0.2, -0.15) is 0 Å². The third-order valence-electron chi connectivity index (χ3n) is 2.21. The maximum absolute atomic E-state index is 5.75. The van der Waals surface area contributed by atoms with Crippen molar-refractivity contribution in [3.8, 4) is 17.1 Å². The van der Waals surface area contributed by atoms with Crippen molar-refractivity contribution in [2.45, 2.75) is 26.4 Å². The van der Waals surface area contributed by atoms with E-state index in [1.54, 1.807) is 12.3 Å². The van der Waals surface area contributed by atoms with Gasteiger partial charge < -0.3 is 10.5 Å². The van der Waals surface area contributed by atoms with E-state index in [1.165, 1.54) is 0 Å². The second-order valence-electron chi connectivity index (χ2n) is 5.04. The largest absolute Gasteiger partial charge is 0.488 e. The number of anilines is 1. The second-order valence-corrected chi connectivity index (χ2v) is 5.04. The molecule has 2 N–H and O–H groups in total. The van der Waals surface area contributed by atoms with E-state index in [-0.39, 0.29) is 5.60 Å². The molecular formula is C14H17N3O. The first-order valence-corrected chi connectivity index (χ1v) is 5.82. The summed E-state index contributed by atoms with van der Waals surface area (Å²) in [6.07, 6.45) is 1.65. The van der Waals surface area contributed by atoms with E-state index in [0.29, 0.717) is 11.6 Å². The SMILES string of the molecule is CC(C)(C)Oc1ccc(-c2nccc(N)n2)cc1. The van der Waals surface area contributed by atoms with Crippen LogP contribution in [0.5, 0.6) is 5.75 Å². The van der Waals surface area contributed by atoms with Crippen LogP contribution in [0.15, 0.2) is 36.5 Å². The summed E-state index contributed by atoms with van der Waals surface area (Å²) in [4.78, 5) is 8.36. The Morgan fingerprint density at radius 3 is 2.28 bits per heavy atom. The Hall–Kier alpha value is -2.10. The Kier molecular flexibility index (Phi) is 3.19. The van der Waals surface area contributed by atoms with Crippen LogP contribution in [0.4, 0.5) is 5.82 Å². The summed E-state index contributed by atoms with van der Waals surface area (Å²) >= 11 is 0. The zero-order valence-corrected chi connectivity index (χ0v) is 10.8. The van der Waals surface area contributed by atoms with E-state index < -0.39 is 0 Å². The van der Waals surface area contributed by atoms with Gasteiger partial charge in [-0.05, 0) is 51.1 Å². The summed E-state index contributed by atoms with van der Waals surface area (Å²) in [5.74, 6) is 1.92. The molecule has 0 saturated heterocycles. The van der Waals surface area contributed by atoms with Crippen LogP contribution < -0.4 is 10.5 Å². The monoisotopic (exact) mass is 243 g/mol. The summed E-state index contributed by atoms with van der Waals surface area (Å²) in [6, 6.07) is 9.34. The molecule has 0 bridgehead atoms. The van der Waals surface area contributed by atoms with Crippen LogP contribution in [0.2, 0.25) is 0 Å². The van der Waals surface area contributed by atoms with Crippen LogP contribution in [-0.2, 0) is 0 Å². The quantitative estimate of drug-likeness (QED) is 0.881. The molecule has 18 heavy (non-hydrogen) atoms. The normalized spacial score (nSPS) is 11.3. The van der Waals surface area contributed by atoms with Crippen LogP contribution in [-0.4, -0.2) is 15.6 Å². The summed E-state index contributed by atoms with van der Waals surface area (Å²) in [6.45, 7) is 6.05. The van der Waals surface area contributed by atoms with Gasteiger partial charge in [-0.1, -0.05) is 0 Å². The standard InChI is InChI=1S/C14H17N3O/c1-14(2,3)18-11-6-4-10(5-7-11)13-16-9-8-12(15)17-13/h4-9H,1-3H3,(H2,15,16,17). The van der Waals surface area contributed by atoms with Gasteiger partial charge in [-0.25, -0.2) is 9.97 Å². The molecule has 0 amide bonds. The van der Waals surface area contributed by atoms with E-state index in [4.69, 9.17) is 10.5 Å². The first kappa shape index (κ1) is 12.4. The van der Waals surface area contributed by atoms with Crippen LogP contribution in [0.1, 0.15) is 20.8 Å². The predicted octanol–water partition coefficient (Wildman–Crippen LogP) is 2.90. The lowest BCUT2D eigenvalue weighted by atomic mass is 10.1. The van der Waals surface area contributed by atoms with E-state index in [2.05, 4.69) is 9.97 Å². The zero-order chi connectivity index (χ0) is 13.2. The van der Waals surface area contributed by atoms with Crippen molar-refractivity contribution >= 4 is 5.82 Å². The van der Waals surface area contributed by atoms with Gasteiger partial charge in [0.2, 0.25) is 0 Å². The van der Waals surface area contributed by atoms with Crippen molar-refractivity contribution in [3.05, 3.63) is 36.5 Å². The number of hydrogen-bond donors (Lipinski definition) is 1. The Labute approximate surface area is 107 Å². The summed E-state index contributed by atoms with van der Waals surface area (Å²) in [5.41, 5.74) is 6.35. The molecule has 94 valence electrons. The van der Waals surface area contributed by atoms with Gasteiger partial charge in [-0.3, -0.25) is 0 Å². The molecule has 1 aromatic carbocycles. The topological polar surface area (TPSA) is 61.0 Å². The number of nitrogen functional groups attached to an aromatic ring is 1. The lowest BCUT2D eigenvalue weighted by Gasteiger charge is -2.21. The lowest BCUT2D eigenvalue weighted by molar-refractivity contribution is 0.131. The number of ether oxygens (including phenoxy) is 1. The van der Waals surface area contributed by atoms with Crippen molar-refractivity contribution in [3.63, 3.8) is 0 Å². The fourth-order valence-corrected chi connectivity index (χ4v) is 1.54. The average molecular weight is 243 g/mol. The molecule has 0 aliphatic rings. The molecule has 0 unspecified atom stereocenters. The second kappa shape index (κ2) is 4.64. The molecule has 0 radical (unpaired) electrons. The summed E-state index contributed by atoms with van der Waals surface area (Å²) in [5, 5.41) is 0. The molecular weight excluding hydrogens is 226 g/mol. The average Bonchev–Trinajstić information content (AvgIpc) is 2.28. The van der Waals surface area contributed by atoms with Crippen LogP contribution in [0.25, 0.3) is 11.4 Å². The maximum atomic E-state index is 5.75. The van der Waals surface area contributed by atoms with Gasteiger partial charge in [0.1, 0.15) is 17.2 Å². The molecule has 0 spiro atoms. The van der Waals surface area contributed by atoms with E-state index >= 15 is 0 Å². The third-order valence-corrected chi connectivity index (χ3v) is 2.21. The van der Waals surface area contributed by atoms with E-state index in [0.717, 1.165) is 11.3 Å². The lowest BCUT2D eigenvalue weighted by Crippen LogP contribution is -2.22. The number of rotatable bonds is 2. The number of hydrogen-bond acceptors (Lipinski definition) is 4. The first-order valence-electron chi connectivity index (χ1n) is 5.82. The molecule has 0 atom stereocenters. The highest BCUT2D eigenvalue weighted by molar-refractivity contribution is 5.57. The van der Waals surface area contributed by atoms with E-state index in [9.17, 15) is 0 Å². The highest BCUT2D eigenvalue weighted by Gasteiger charge is 2.11. The van der Waals surface area contributed by atoms with Crippen molar-refractivity contribution in [1.82, 2.24) is 9.97 Å². The van der Waals surface area contributed by atoms with Crippen LogP contribution in [0, 0.1) is 0 Å². The first-order chi connectivity index (χ1) is 8.44. The van der Waals surface area contributed by atoms with Gasteiger partial charge >= 0.3 is 0 Å². The Bertz CT molecular complexity index is 529. The molecule has 2 aromatic rings. The smallest absolute Gasteiger partial charge is 0.161 e. The van der Waals surface area contributed by atoms with Crippen molar-refractivity contribution < 1.29 is 4.74 Å². The van der Waals surface area contributed by atoms with E-state index in [1.807, 2.05) is 45.0 Å². The van der Waals surface area contributed by atoms with Gasteiger partial charge in [0, 0.05) is 11.8 Å². The summed E-state index contributed by atoms with van der Waals surface area (Å²) in [7, 11) is 0. The van der Waals surface area contributed by atoms with Crippen molar-refractivity contribution in [2.24, 2.45) is 0 Å².